The number of carbonyl (C=O) groups excluding carboxylic acids is 1. The monoisotopic (exact) mass is 394 g/mol. The highest BCUT2D eigenvalue weighted by Gasteiger charge is 2.24. The maximum atomic E-state index is 11.7. The van der Waals surface area contributed by atoms with Crippen molar-refractivity contribution in [2.45, 2.75) is 19.9 Å². The molecule has 1 fully saturated rings. The maximum Gasteiger partial charge on any atom is 0.319 e. The van der Waals surface area contributed by atoms with E-state index in [0.29, 0.717) is 25.6 Å². The van der Waals surface area contributed by atoms with Crippen LogP contribution in [0.25, 0.3) is 22.4 Å². The number of aromatic nitrogens is 3. The summed E-state index contributed by atoms with van der Waals surface area (Å²) in [6, 6.07) is 9.62. The van der Waals surface area contributed by atoms with Gasteiger partial charge in [-0.2, -0.15) is 0 Å². The minimum Gasteiger partial charge on any atom is -0.377 e. The first-order valence-corrected chi connectivity index (χ1v) is 9.89. The Hall–Kier alpha value is -3.13. The van der Waals surface area contributed by atoms with Crippen LogP contribution < -0.4 is 15.5 Å². The van der Waals surface area contributed by atoms with E-state index >= 15 is 0 Å². The smallest absolute Gasteiger partial charge is 0.319 e. The highest BCUT2D eigenvalue weighted by molar-refractivity contribution is 5.90. The number of rotatable bonds is 4. The number of morpholine rings is 1. The summed E-state index contributed by atoms with van der Waals surface area (Å²) in [4.78, 5) is 23.7. The first-order chi connectivity index (χ1) is 14.1. The largest absolute Gasteiger partial charge is 0.377 e. The zero-order chi connectivity index (χ0) is 20.4. The van der Waals surface area contributed by atoms with Crippen LogP contribution in [0.5, 0.6) is 0 Å². The molecule has 2 aromatic heterocycles. The van der Waals surface area contributed by atoms with Crippen LogP contribution in [0, 0.1) is 0 Å². The Labute approximate surface area is 169 Å². The second-order valence-electron chi connectivity index (χ2n) is 7.21. The standard InChI is InChI=1S/C21H26N6O2/c1-4-22-21(28)23-16-7-5-15(6-8-16)19-24-17-9-10-26(3)18(17)20(25-19)27-11-12-29-13-14(27)2/h5-10,14H,4,11-13H2,1-3H3,(H2,22,23,28). The second-order valence-corrected chi connectivity index (χ2v) is 7.21. The van der Waals surface area contributed by atoms with E-state index in [2.05, 4.69) is 27.0 Å². The lowest BCUT2D eigenvalue weighted by Crippen LogP contribution is -2.44. The van der Waals surface area contributed by atoms with E-state index in [1.165, 1.54) is 0 Å². The molecule has 3 aromatic rings. The SMILES string of the molecule is CCNC(=O)Nc1ccc(-c2nc(N3CCOCC3C)c3c(ccn3C)n2)cc1. The van der Waals surface area contributed by atoms with Crippen LogP contribution in [0.2, 0.25) is 0 Å². The summed E-state index contributed by atoms with van der Waals surface area (Å²) in [6.07, 6.45) is 2.01. The van der Waals surface area contributed by atoms with Gasteiger partial charge in [0.2, 0.25) is 0 Å². The second kappa shape index (κ2) is 8.08. The summed E-state index contributed by atoms with van der Waals surface area (Å²) in [7, 11) is 2.02. The van der Waals surface area contributed by atoms with Gasteiger partial charge < -0.3 is 24.8 Å². The number of ether oxygens (including phenoxy) is 1. The molecular weight excluding hydrogens is 368 g/mol. The molecule has 152 valence electrons. The van der Waals surface area contributed by atoms with Crippen molar-refractivity contribution in [2.75, 3.05) is 36.5 Å². The van der Waals surface area contributed by atoms with Gasteiger partial charge in [-0.15, -0.1) is 0 Å². The van der Waals surface area contributed by atoms with Crippen molar-refractivity contribution in [1.82, 2.24) is 19.9 Å². The third-order valence-corrected chi connectivity index (χ3v) is 5.08. The van der Waals surface area contributed by atoms with Gasteiger partial charge in [0.15, 0.2) is 11.6 Å². The van der Waals surface area contributed by atoms with Crippen molar-refractivity contribution < 1.29 is 9.53 Å². The molecule has 1 aliphatic rings. The normalized spacial score (nSPS) is 16.8. The fourth-order valence-electron chi connectivity index (χ4n) is 3.58. The molecule has 1 aromatic carbocycles. The van der Waals surface area contributed by atoms with E-state index in [4.69, 9.17) is 14.7 Å². The summed E-state index contributed by atoms with van der Waals surface area (Å²) >= 11 is 0. The van der Waals surface area contributed by atoms with Crippen LogP contribution in [-0.4, -0.2) is 52.9 Å². The van der Waals surface area contributed by atoms with Gasteiger partial charge in [0.1, 0.15) is 5.52 Å². The number of fused-ring (bicyclic) bond motifs is 1. The number of carbonyl (C=O) groups is 1. The molecule has 2 amide bonds. The van der Waals surface area contributed by atoms with Crippen LogP contribution >= 0.6 is 0 Å². The summed E-state index contributed by atoms with van der Waals surface area (Å²) < 4.78 is 7.67. The molecule has 0 aliphatic carbocycles. The molecule has 1 aliphatic heterocycles. The zero-order valence-electron chi connectivity index (χ0n) is 17.0. The molecule has 0 spiro atoms. The van der Waals surface area contributed by atoms with Gasteiger partial charge in [0.05, 0.1) is 24.8 Å². The first kappa shape index (κ1) is 19.2. The molecule has 2 N–H and O–H groups in total. The van der Waals surface area contributed by atoms with E-state index in [1.54, 1.807) is 0 Å². The van der Waals surface area contributed by atoms with Crippen molar-refractivity contribution in [2.24, 2.45) is 7.05 Å². The Morgan fingerprint density at radius 3 is 2.76 bits per heavy atom. The summed E-state index contributed by atoms with van der Waals surface area (Å²) in [5.74, 6) is 1.60. The van der Waals surface area contributed by atoms with Gasteiger partial charge in [-0.1, -0.05) is 0 Å². The molecule has 1 atom stereocenters. The van der Waals surface area contributed by atoms with Crippen molar-refractivity contribution in [1.29, 1.82) is 0 Å². The number of hydrogen-bond acceptors (Lipinski definition) is 5. The fourth-order valence-corrected chi connectivity index (χ4v) is 3.58. The Morgan fingerprint density at radius 1 is 1.24 bits per heavy atom. The van der Waals surface area contributed by atoms with Crippen LogP contribution in [0.4, 0.5) is 16.3 Å². The van der Waals surface area contributed by atoms with Gasteiger partial charge in [-0.3, -0.25) is 0 Å². The predicted octanol–water partition coefficient (Wildman–Crippen LogP) is 3.00. The maximum absolute atomic E-state index is 11.7. The molecular formula is C21H26N6O2. The minimum absolute atomic E-state index is 0.217. The summed E-state index contributed by atoms with van der Waals surface area (Å²) in [6.45, 7) is 6.79. The van der Waals surface area contributed by atoms with Crippen molar-refractivity contribution in [3.63, 3.8) is 0 Å². The van der Waals surface area contributed by atoms with Crippen LogP contribution in [0.3, 0.4) is 0 Å². The molecule has 0 saturated carbocycles. The number of benzene rings is 1. The molecule has 3 heterocycles. The lowest BCUT2D eigenvalue weighted by Gasteiger charge is -2.34. The van der Waals surface area contributed by atoms with Crippen molar-refractivity contribution >= 4 is 28.6 Å². The lowest BCUT2D eigenvalue weighted by atomic mass is 10.2. The lowest BCUT2D eigenvalue weighted by molar-refractivity contribution is 0.0986. The van der Waals surface area contributed by atoms with Gasteiger partial charge >= 0.3 is 6.03 Å². The Kier molecular flexibility index (Phi) is 5.35. The molecule has 0 radical (unpaired) electrons. The van der Waals surface area contributed by atoms with Crippen LogP contribution in [-0.2, 0) is 11.8 Å². The van der Waals surface area contributed by atoms with E-state index in [1.807, 2.05) is 50.5 Å². The number of amides is 2. The number of hydrogen-bond donors (Lipinski definition) is 2. The third kappa shape index (κ3) is 3.88. The average Bonchev–Trinajstić information content (AvgIpc) is 3.09. The fraction of sp³-hybridized carbons (Fsp3) is 0.381. The van der Waals surface area contributed by atoms with E-state index in [-0.39, 0.29) is 12.1 Å². The Morgan fingerprint density at radius 2 is 2.03 bits per heavy atom. The zero-order valence-corrected chi connectivity index (χ0v) is 17.0. The van der Waals surface area contributed by atoms with Gasteiger partial charge in [0, 0.05) is 37.6 Å². The van der Waals surface area contributed by atoms with E-state index in [9.17, 15) is 4.79 Å². The van der Waals surface area contributed by atoms with Crippen molar-refractivity contribution in [3.05, 3.63) is 36.5 Å². The number of anilines is 2. The number of nitrogens with zero attached hydrogens (tertiary/aromatic N) is 4. The van der Waals surface area contributed by atoms with E-state index in [0.717, 1.165) is 34.6 Å². The van der Waals surface area contributed by atoms with Crippen LogP contribution in [0.15, 0.2) is 36.5 Å². The molecule has 1 unspecified atom stereocenters. The Balaban J connectivity index is 1.70. The number of nitrogens with one attached hydrogen (secondary N) is 2. The van der Waals surface area contributed by atoms with Crippen LogP contribution in [0.1, 0.15) is 13.8 Å². The van der Waals surface area contributed by atoms with Gasteiger partial charge in [-0.05, 0) is 44.2 Å². The summed E-state index contributed by atoms with van der Waals surface area (Å²) in [5, 5.41) is 5.52. The molecule has 4 rings (SSSR count). The Bertz CT molecular complexity index is 1010. The number of urea groups is 1. The highest BCUT2D eigenvalue weighted by atomic mass is 16.5. The summed E-state index contributed by atoms with van der Waals surface area (Å²) in [5.41, 5.74) is 3.56. The third-order valence-electron chi connectivity index (χ3n) is 5.08. The topological polar surface area (TPSA) is 84.3 Å². The number of aryl methyl sites for hydroxylation is 1. The average molecular weight is 394 g/mol. The molecule has 1 saturated heterocycles. The van der Waals surface area contributed by atoms with Gasteiger partial charge in [-0.25, -0.2) is 14.8 Å². The molecule has 29 heavy (non-hydrogen) atoms. The predicted molar refractivity (Wildman–Crippen MR) is 114 cm³/mol. The molecule has 0 bridgehead atoms. The van der Waals surface area contributed by atoms with Crippen molar-refractivity contribution in [3.8, 4) is 11.4 Å². The van der Waals surface area contributed by atoms with E-state index < -0.39 is 0 Å². The molecule has 8 nitrogen and oxygen atoms in total. The first-order valence-electron chi connectivity index (χ1n) is 9.89. The highest BCUT2D eigenvalue weighted by Crippen LogP contribution is 2.30. The van der Waals surface area contributed by atoms with Gasteiger partial charge in [0.25, 0.3) is 0 Å². The molecule has 8 heteroatoms. The minimum atomic E-state index is -0.217. The quantitative estimate of drug-likeness (QED) is 0.711.